The number of aliphatic hydroxyl groups is 1. The normalized spacial score (nSPS) is 13.8. The molecule has 0 rings (SSSR count). The second-order valence-electron chi connectivity index (χ2n) is 8.68. The lowest BCUT2D eigenvalue weighted by molar-refractivity contribution is -0.163. The second-order valence-corrected chi connectivity index (χ2v) is 8.68. The molecule has 27 heavy (non-hydrogen) atoms. The van der Waals surface area contributed by atoms with Gasteiger partial charge in [-0.1, -0.05) is 117 Å². The van der Waals surface area contributed by atoms with Crippen LogP contribution in [0.15, 0.2) is 0 Å². The summed E-state index contributed by atoms with van der Waals surface area (Å²) < 4.78 is 0. The molecule has 1 unspecified atom stereocenters. The van der Waals surface area contributed by atoms with Crippen LogP contribution in [0.25, 0.3) is 0 Å². The fourth-order valence-electron chi connectivity index (χ4n) is 3.93. The quantitative estimate of drug-likeness (QED) is 0.214. The molecule has 0 amide bonds. The Labute approximate surface area is 169 Å². The zero-order valence-corrected chi connectivity index (χ0v) is 18.6. The summed E-state index contributed by atoms with van der Waals surface area (Å²) in [4.78, 5) is 11.5. The Hall–Kier alpha value is -0.570. The third kappa shape index (κ3) is 14.1. The summed E-state index contributed by atoms with van der Waals surface area (Å²) in [6, 6.07) is 0. The summed E-state index contributed by atoms with van der Waals surface area (Å²) in [6.07, 6.45) is 21.7. The van der Waals surface area contributed by atoms with E-state index in [1.807, 2.05) is 0 Å². The van der Waals surface area contributed by atoms with Gasteiger partial charge in [0.1, 0.15) is 0 Å². The average molecular weight is 385 g/mol. The number of carboxylic acid groups (broad SMARTS) is 1. The van der Waals surface area contributed by atoms with Gasteiger partial charge >= 0.3 is 5.97 Å². The maximum atomic E-state index is 11.5. The highest BCUT2D eigenvalue weighted by Gasteiger charge is 2.38. The highest BCUT2D eigenvalue weighted by Crippen LogP contribution is 2.29. The number of hydrogen-bond acceptors (Lipinski definition) is 2. The minimum Gasteiger partial charge on any atom is -0.479 e. The molecule has 0 aromatic heterocycles. The molecular weight excluding hydrogens is 336 g/mol. The molecular formula is C24H48O3. The fraction of sp³-hybridized carbons (Fsp3) is 0.958. The van der Waals surface area contributed by atoms with Crippen LogP contribution in [-0.2, 0) is 4.79 Å². The Morgan fingerprint density at radius 1 is 0.667 bits per heavy atom. The number of carboxylic acids is 1. The molecule has 0 heterocycles. The van der Waals surface area contributed by atoms with Crippen molar-refractivity contribution in [3.8, 4) is 0 Å². The van der Waals surface area contributed by atoms with Gasteiger partial charge in [0.25, 0.3) is 0 Å². The zero-order chi connectivity index (χ0) is 20.4. The van der Waals surface area contributed by atoms with E-state index >= 15 is 0 Å². The molecule has 0 aromatic rings. The van der Waals surface area contributed by atoms with Crippen molar-refractivity contribution in [2.75, 3.05) is 0 Å². The van der Waals surface area contributed by atoms with Crippen LogP contribution in [0.3, 0.4) is 0 Å². The second kappa shape index (κ2) is 17.5. The van der Waals surface area contributed by atoms with Crippen LogP contribution in [0, 0.1) is 5.92 Å². The smallest absolute Gasteiger partial charge is 0.335 e. The van der Waals surface area contributed by atoms with Crippen LogP contribution in [0.4, 0.5) is 0 Å². The molecule has 0 fully saturated rings. The lowest BCUT2D eigenvalue weighted by Gasteiger charge is -2.29. The van der Waals surface area contributed by atoms with Gasteiger partial charge in [-0.05, 0) is 25.7 Å². The summed E-state index contributed by atoms with van der Waals surface area (Å²) in [5.74, 6) is -1.18. The highest BCUT2D eigenvalue weighted by atomic mass is 16.4. The minimum atomic E-state index is -1.58. The predicted molar refractivity (Wildman–Crippen MR) is 116 cm³/mol. The van der Waals surface area contributed by atoms with Gasteiger partial charge < -0.3 is 10.2 Å². The predicted octanol–water partition coefficient (Wildman–Crippen LogP) is 7.50. The lowest BCUT2D eigenvalue weighted by Crippen LogP contribution is -2.43. The van der Waals surface area contributed by atoms with E-state index in [1.54, 1.807) is 0 Å². The molecule has 3 nitrogen and oxygen atoms in total. The van der Waals surface area contributed by atoms with Crippen LogP contribution in [0.1, 0.15) is 136 Å². The van der Waals surface area contributed by atoms with Gasteiger partial charge in [-0.3, -0.25) is 0 Å². The maximum absolute atomic E-state index is 11.5. The van der Waals surface area contributed by atoms with Crippen LogP contribution in [-0.4, -0.2) is 21.8 Å². The number of aliphatic carboxylic acids is 1. The molecule has 2 N–H and O–H groups in total. The molecule has 1 atom stereocenters. The van der Waals surface area contributed by atoms with E-state index in [1.165, 1.54) is 84.0 Å². The largest absolute Gasteiger partial charge is 0.479 e. The summed E-state index contributed by atoms with van der Waals surface area (Å²) in [5, 5.41) is 19.9. The molecule has 0 aromatic carbocycles. The molecule has 0 aliphatic carbocycles. The van der Waals surface area contributed by atoms with Crippen LogP contribution in [0.2, 0.25) is 0 Å². The van der Waals surface area contributed by atoms with Crippen LogP contribution < -0.4 is 0 Å². The van der Waals surface area contributed by atoms with Gasteiger partial charge in [0.2, 0.25) is 0 Å². The first-order chi connectivity index (χ1) is 13.0. The van der Waals surface area contributed by atoms with E-state index in [0.29, 0.717) is 0 Å². The Morgan fingerprint density at radius 2 is 0.963 bits per heavy atom. The first-order valence-electron chi connectivity index (χ1n) is 11.9. The maximum Gasteiger partial charge on any atom is 0.335 e. The highest BCUT2D eigenvalue weighted by molar-refractivity contribution is 5.76. The number of carbonyl (C=O) groups is 1. The SMILES string of the molecule is CCCCCCCCCCC(CCCCCCCCCC)C(C)(O)C(=O)O. The third-order valence-electron chi connectivity index (χ3n) is 6.04. The summed E-state index contributed by atoms with van der Waals surface area (Å²) in [6.45, 7) is 5.97. The van der Waals surface area contributed by atoms with Gasteiger partial charge in [-0.2, -0.15) is 0 Å². The average Bonchev–Trinajstić information content (AvgIpc) is 2.63. The Kier molecular flexibility index (Phi) is 17.2. The van der Waals surface area contributed by atoms with Gasteiger partial charge in [0.15, 0.2) is 5.60 Å². The molecule has 0 saturated carbocycles. The van der Waals surface area contributed by atoms with Gasteiger partial charge in [-0.25, -0.2) is 4.79 Å². The van der Waals surface area contributed by atoms with Gasteiger partial charge in [0, 0.05) is 0 Å². The molecule has 0 bridgehead atoms. The zero-order valence-electron chi connectivity index (χ0n) is 18.6. The van der Waals surface area contributed by atoms with Crippen molar-refractivity contribution < 1.29 is 15.0 Å². The number of rotatable bonds is 20. The lowest BCUT2D eigenvalue weighted by atomic mass is 9.81. The summed E-state index contributed by atoms with van der Waals surface area (Å²) in [5.41, 5.74) is -1.58. The van der Waals surface area contributed by atoms with E-state index in [-0.39, 0.29) is 5.92 Å². The van der Waals surface area contributed by atoms with Crippen molar-refractivity contribution in [1.82, 2.24) is 0 Å². The van der Waals surface area contributed by atoms with E-state index < -0.39 is 11.6 Å². The molecule has 0 aliphatic heterocycles. The van der Waals surface area contributed by atoms with Crippen molar-refractivity contribution >= 4 is 5.97 Å². The molecule has 0 saturated heterocycles. The van der Waals surface area contributed by atoms with Crippen LogP contribution in [0.5, 0.6) is 0 Å². The van der Waals surface area contributed by atoms with E-state index in [2.05, 4.69) is 13.8 Å². The Bertz CT molecular complexity index is 319. The minimum absolute atomic E-state index is 0.116. The first-order valence-corrected chi connectivity index (χ1v) is 11.9. The van der Waals surface area contributed by atoms with Crippen molar-refractivity contribution in [2.45, 2.75) is 142 Å². The van der Waals surface area contributed by atoms with E-state index in [4.69, 9.17) is 0 Å². The first kappa shape index (κ1) is 26.4. The van der Waals surface area contributed by atoms with E-state index in [0.717, 1.165) is 38.5 Å². The fourth-order valence-corrected chi connectivity index (χ4v) is 3.93. The summed E-state index contributed by atoms with van der Waals surface area (Å²) >= 11 is 0. The number of unbranched alkanes of at least 4 members (excludes halogenated alkanes) is 14. The topological polar surface area (TPSA) is 57.5 Å². The van der Waals surface area contributed by atoms with Gasteiger partial charge in [0.05, 0.1) is 0 Å². The molecule has 3 heteroatoms. The van der Waals surface area contributed by atoms with Gasteiger partial charge in [-0.15, -0.1) is 0 Å². The van der Waals surface area contributed by atoms with Crippen molar-refractivity contribution in [3.05, 3.63) is 0 Å². The summed E-state index contributed by atoms with van der Waals surface area (Å²) in [7, 11) is 0. The Morgan fingerprint density at radius 3 is 1.26 bits per heavy atom. The molecule has 162 valence electrons. The molecule has 0 spiro atoms. The molecule has 0 aliphatic rings. The standard InChI is InChI=1S/C24H48O3/c1-4-6-8-10-12-14-16-18-20-22(24(3,27)23(25)26)21-19-17-15-13-11-9-7-5-2/h22,27H,4-21H2,1-3H3,(H,25,26). The van der Waals surface area contributed by atoms with Crippen molar-refractivity contribution in [3.63, 3.8) is 0 Å². The third-order valence-corrected chi connectivity index (χ3v) is 6.04. The van der Waals surface area contributed by atoms with Crippen LogP contribution >= 0.6 is 0 Å². The van der Waals surface area contributed by atoms with Crippen molar-refractivity contribution in [1.29, 1.82) is 0 Å². The Balaban J connectivity index is 4.01. The molecule has 0 radical (unpaired) electrons. The van der Waals surface area contributed by atoms with Crippen molar-refractivity contribution in [2.24, 2.45) is 5.92 Å². The monoisotopic (exact) mass is 384 g/mol. The number of hydrogen-bond donors (Lipinski definition) is 2. The van der Waals surface area contributed by atoms with E-state index in [9.17, 15) is 15.0 Å².